The van der Waals surface area contributed by atoms with Gasteiger partial charge in [-0.05, 0) is 17.9 Å². The molecule has 2 aromatic heterocycles. The SMILES string of the molecule is COCc1cn([C@H]2CCN(C(=O)c3ccsc3)C2)nn1. The van der Waals surface area contributed by atoms with E-state index in [4.69, 9.17) is 4.74 Å². The summed E-state index contributed by atoms with van der Waals surface area (Å²) in [7, 11) is 1.63. The Bertz CT molecular complexity index is 581. The monoisotopic (exact) mass is 292 g/mol. The van der Waals surface area contributed by atoms with Crippen molar-refractivity contribution in [2.45, 2.75) is 19.1 Å². The molecule has 1 aliphatic heterocycles. The van der Waals surface area contributed by atoms with E-state index in [9.17, 15) is 4.79 Å². The number of rotatable bonds is 4. The van der Waals surface area contributed by atoms with Crippen LogP contribution >= 0.6 is 11.3 Å². The number of thiophene rings is 1. The van der Waals surface area contributed by atoms with Crippen molar-refractivity contribution in [1.82, 2.24) is 19.9 Å². The van der Waals surface area contributed by atoms with Crippen molar-refractivity contribution in [1.29, 1.82) is 0 Å². The van der Waals surface area contributed by atoms with Crippen molar-refractivity contribution >= 4 is 17.2 Å². The van der Waals surface area contributed by atoms with Crippen LogP contribution in [0.1, 0.15) is 28.5 Å². The molecule has 3 heterocycles. The zero-order valence-electron chi connectivity index (χ0n) is 11.2. The Morgan fingerprint density at radius 2 is 2.50 bits per heavy atom. The van der Waals surface area contributed by atoms with Gasteiger partial charge in [0.1, 0.15) is 5.69 Å². The van der Waals surface area contributed by atoms with E-state index in [-0.39, 0.29) is 11.9 Å². The highest BCUT2D eigenvalue weighted by atomic mass is 32.1. The van der Waals surface area contributed by atoms with Gasteiger partial charge in [0.2, 0.25) is 0 Å². The minimum absolute atomic E-state index is 0.103. The molecule has 1 amide bonds. The van der Waals surface area contributed by atoms with Gasteiger partial charge in [-0.1, -0.05) is 5.21 Å². The highest BCUT2D eigenvalue weighted by molar-refractivity contribution is 7.08. The summed E-state index contributed by atoms with van der Waals surface area (Å²) >= 11 is 1.54. The summed E-state index contributed by atoms with van der Waals surface area (Å²) in [5, 5.41) is 12.0. The molecule has 0 aromatic carbocycles. The molecule has 0 N–H and O–H groups in total. The number of amides is 1. The van der Waals surface area contributed by atoms with Gasteiger partial charge in [-0.15, -0.1) is 5.10 Å². The van der Waals surface area contributed by atoms with Gasteiger partial charge in [0.25, 0.3) is 5.91 Å². The molecule has 1 fully saturated rings. The van der Waals surface area contributed by atoms with Gasteiger partial charge in [0, 0.05) is 25.6 Å². The molecule has 0 saturated carbocycles. The molecular weight excluding hydrogens is 276 g/mol. The normalized spacial score (nSPS) is 18.6. The molecular formula is C13H16N4O2S. The number of carbonyl (C=O) groups excluding carboxylic acids is 1. The van der Waals surface area contributed by atoms with Crippen LogP contribution in [0.25, 0.3) is 0 Å². The molecule has 2 aromatic rings. The minimum Gasteiger partial charge on any atom is -0.378 e. The van der Waals surface area contributed by atoms with Crippen molar-refractivity contribution < 1.29 is 9.53 Å². The molecule has 106 valence electrons. The third-order valence-corrected chi connectivity index (χ3v) is 4.13. The lowest BCUT2D eigenvalue weighted by Crippen LogP contribution is -2.28. The minimum atomic E-state index is 0.103. The standard InChI is InChI=1S/C13H16N4O2S/c1-19-8-11-6-17(15-14-11)12-2-4-16(7-12)13(18)10-3-5-20-9-10/h3,5-6,9,12H,2,4,7-8H2,1H3/t12-/m0/s1. The second kappa shape index (κ2) is 5.72. The maximum absolute atomic E-state index is 12.3. The van der Waals surface area contributed by atoms with Crippen molar-refractivity contribution in [2.24, 2.45) is 0 Å². The van der Waals surface area contributed by atoms with Gasteiger partial charge >= 0.3 is 0 Å². The fourth-order valence-corrected chi connectivity index (χ4v) is 3.05. The molecule has 3 rings (SSSR count). The molecule has 0 unspecified atom stereocenters. The molecule has 7 heteroatoms. The fraction of sp³-hybridized carbons (Fsp3) is 0.462. The maximum Gasteiger partial charge on any atom is 0.254 e. The molecule has 1 atom stereocenters. The van der Waals surface area contributed by atoms with Crippen LogP contribution in [0.5, 0.6) is 0 Å². The summed E-state index contributed by atoms with van der Waals surface area (Å²) in [6, 6.07) is 2.07. The number of nitrogens with zero attached hydrogens (tertiary/aromatic N) is 4. The van der Waals surface area contributed by atoms with Gasteiger partial charge in [0.05, 0.1) is 24.4 Å². The second-order valence-electron chi connectivity index (χ2n) is 4.83. The van der Waals surface area contributed by atoms with Crippen LogP contribution in [-0.2, 0) is 11.3 Å². The van der Waals surface area contributed by atoms with E-state index in [1.54, 1.807) is 18.4 Å². The van der Waals surface area contributed by atoms with Gasteiger partial charge in [-0.25, -0.2) is 4.68 Å². The number of methoxy groups -OCH3 is 1. The molecule has 1 saturated heterocycles. The summed E-state index contributed by atoms with van der Waals surface area (Å²) in [5.74, 6) is 0.103. The van der Waals surface area contributed by atoms with E-state index >= 15 is 0 Å². The molecule has 0 radical (unpaired) electrons. The number of aromatic nitrogens is 3. The van der Waals surface area contributed by atoms with Crippen LogP contribution in [0.2, 0.25) is 0 Å². The molecule has 0 bridgehead atoms. The summed E-state index contributed by atoms with van der Waals surface area (Å²) in [6.07, 6.45) is 2.80. The molecule has 0 aliphatic carbocycles. The lowest BCUT2D eigenvalue weighted by Gasteiger charge is -2.15. The van der Waals surface area contributed by atoms with Crippen LogP contribution in [0.15, 0.2) is 23.0 Å². The smallest absolute Gasteiger partial charge is 0.254 e. The maximum atomic E-state index is 12.3. The van der Waals surface area contributed by atoms with Crippen molar-refractivity contribution in [2.75, 3.05) is 20.2 Å². The van der Waals surface area contributed by atoms with Crippen LogP contribution < -0.4 is 0 Å². The number of likely N-dealkylation sites (tertiary alicyclic amines) is 1. The van der Waals surface area contributed by atoms with Gasteiger partial charge in [-0.3, -0.25) is 4.79 Å². The molecule has 0 spiro atoms. The topological polar surface area (TPSA) is 60.2 Å². The summed E-state index contributed by atoms with van der Waals surface area (Å²) < 4.78 is 6.88. The Labute approximate surface area is 121 Å². The third-order valence-electron chi connectivity index (χ3n) is 3.44. The van der Waals surface area contributed by atoms with Crippen molar-refractivity contribution in [3.63, 3.8) is 0 Å². The number of ether oxygens (including phenoxy) is 1. The Kier molecular flexibility index (Phi) is 3.79. The van der Waals surface area contributed by atoms with Crippen LogP contribution in [-0.4, -0.2) is 46.0 Å². The first-order chi connectivity index (χ1) is 9.78. The molecule has 20 heavy (non-hydrogen) atoms. The first kappa shape index (κ1) is 13.3. The molecule has 6 nitrogen and oxygen atoms in total. The van der Waals surface area contributed by atoms with Gasteiger partial charge < -0.3 is 9.64 Å². The predicted molar refractivity (Wildman–Crippen MR) is 74.6 cm³/mol. The first-order valence-electron chi connectivity index (χ1n) is 6.49. The van der Waals surface area contributed by atoms with Gasteiger partial charge in [-0.2, -0.15) is 11.3 Å². The summed E-state index contributed by atoms with van der Waals surface area (Å²) in [6.45, 7) is 1.91. The fourth-order valence-electron chi connectivity index (χ4n) is 2.42. The largest absolute Gasteiger partial charge is 0.378 e. The Morgan fingerprint density at radius 3 is 3.25 bits per heavy atom. The zero-order chi connectivity index (χ0) is 13.9. The van der Waals surface area contributed by atoms with E-state index in [1.165, 1.54) is 0 Å². The van der Waals surface area contributed by atoms with E-state index in [0.717, 1.165) is 24.2 Å². The van der Waals surface area contributed by atoms with E-state index in [0.29, 0.717) is 13.2 Å². The Morgan fingerprint density at radius 1 is 1.60 bits per heavy atom. The number of carbonyl (C=O) groups is 1. The Balaban J connectivity index is 1.65. The quantitative estimate of drug-likeness (QED) is 0.858. The van der Waals surface area contributed by atoms with E-state index in [1.807, 2.05) is 32.6 Å². The number of hydrogen-bond donors (Lipinski definition) is 0. The van der Waals surface area contributed by atoms with Crippen LogP contribution in [0.3, 0.4) is 0 Å². The highest BCUT2D eigenvalue weighted by Gasteiger charge is 2.28. The predicted octanol–water partition coefficient (Wildman–Crippen LogP) is 1.57. The van der Waals surface area contributed by atoms with Crippen LogP contribution in [0.4, 0.5) is 0 Å². The van der Waals surface area contributed by atoms with Gasteiger partial charge in [0.15, 0.2) is 0 Å². The average Bonchev–Trinajstić information content (AvgIpc) is 3.19. The number of hydrogen-bond acceptors (Lipinski definition) is 5. The van der Waals surface area contributed by atoms with Crippen molar-refractivity contribution in [3.8, 4) is 0 Å². The zero-order valence-corrected chi connectivity index (χ0v) is 12.0. The van der Waals surface area contributed by atoms with Crippen LogP contribution in [0, 0.1) is 0 Å². The Hall–Kier alpha value is -1.73. The summed E-state index contributed by atoms with van der Waals surface area (Å²) in [4.78, 5) is 14.1. The third kappa shape index (κ3) is 2.59. The lowest BCUT2D eigenvalue weighted by molar-refractivity contribution is 0.0787. The lowest BCUT2D eigenvalue weighted by atomic mass is 10.3. The summed E-state index contributed by atoms with van der Waals surface area (Å²) in [5.41, 5.74) is 1.59. The highest BCUT2D eigenvalue weighted by Crippen LogP contribution is 2.23. The van der Waals surface area contributed by atoms with E-state index < -0.39 is 0 Å². The molecule has 1 aliphatic rings. The second-order valence-corrected chi connectivity index (χ2v) is 5.61. The van der Waals surface area contributed by atoms with E-state index in [2.05, 4.69) is 10.3 Å². The van der Waals surface area contributed by atoms with Crippen molar-refractivity contribution in [3.05, 3.63) is 34.3 Å². The average molecular weight is 292 g/mol. The first-order valence-corrected chi connectivity index (χ1v) is 7.43.